The van der Waals surface area contributed by atoms with Gasteiger partial charge in [-0.05, 0) is 25.5 Å². The first-order valence-corrected chi connectivity index (χ1v) is 7.86. The Kier molecular flexibility index (Phi) is 8.60. The smallest absolute Gasteiger partial charge is 0.280 e. The van der Waals surface area contributed by atoms with E-state index in [0.717, 1.165) is 6.08 Å². The standard InChI is InChI=1S/C17H21N3O6/c1-4-26-7-5-6-19-17(21)13(11-18)8-12-9-15(24-2)16(25-3)10-14(12)20(22)23/h8-10H,4-7H2,1-3H3,(H,19,21)/b13-8+. The number of hydrogen-bond donors (Lipinski definition) is 1. The Labute approximate surface area is 151 Å². The van der Waals surface area contributed by atoms with Gasteiger partial charge >= 0.3 is 0 Å². The summed E-state index contributed by atoms with van der Waals surface area (Å²) < 4.78 is 15.3. The zero-order chi connectivity index (χ0) is 19.5. The number of amides is 1. The lowest BCUT2D eigenvalue weighted by Crippen LogP contribution is -2.26. The van der Waals surface area contributed by atoms with Gasteiger partial charge in [-0.25, -0.2) is 0 Å². The van der Waals surface area contributed by atoms with E-state index in [4.69, 9.17) is 14.2 Å². The number of rotatable bonds is 10. The van der Waals surface area contributed by atoms with Crippen LogP contribution in [0.15, 0.2) is 17.7 Å². The molecule has 9 nitrogen and oxygen atoms in total. The van der Waals surface area contributed by atoms with Crippen molar-refractivity contribution in [2.45, 2.75) is 13.3 Å². The van der Waals surface area contributed by atoms with Crippen LogP contribution in [-0.4, -0.2) is 44.8 Å². The van der Waals surface area contributed by atoms with Crippen LogP contribution < -0.4 is 14.8 Å². The first kappa shape index (κ1) is 20.9. The number of nitrogens with one attached hydrogen (secondary N) is 1. The second kappa shape index (κ2) is 10.7. The van der Waals surface area contributed by atoms with Crippen molar-refractivity contribution in [3.8, 4) is 17.6 Å². The lowest BCUT2D eigenvalue weighted by Gasteiger charge is -2.09. The molecule has 1 rings (SSSR count). The molecule has 1 aromatic carbocycles. The van der Waals surface area contributed by atoms with E-state index >= 15 is 0 Å². The Bertz CT molecular complexity index is 724. The number of methoxy groups -OCH3 is 2. The Hall–Kier alpha value is -3.12. The van der Waals surface area contributed by atoms with E-state index < -0.39 is 10.8 Å². The molecule has 0 unspecified atom stereocenters. The maximum Gasteiger partial charge on any atom is 0.280 e. The second-order valence-electron chi connectivity index (χ2n) is 5.00. The van der Waals surface area contributed by atoms with Crippen molar-refractivity contribution in [2.24, 2.45) is 0 Å². The van der Waals surface area contributed by atoms with Gasteiger partial charge in [-0.2, -0.15) is 5.26 Å². The van der Waals surface area contributed by atoms with Crippen molar-refractivity contribution < 1.29 is 23.9 Å². The molecule has 0 saturated heterocycles. The Balaban J connectivity index is 3.08. The van der Waals surface area contributed by atoms with Crippen molar-refractivity contribution in [3.05, 3.63) is 33.4 Å². The SMILES string of the molecule is CCOCCCNC(=O)/C(C#N)=C/c1cc(OC)c(OC)cc1[N+](=O)[O-]. The Morgan fingerprint density at radius 1 is 1.35 bits per heavy atom. The van der Waals surface area contributed by atoms with E-state index in [0.29, 0.717) is 26.2 Å². The summed E-state index contributed by atoms with van der Waals surface area (Å²) in [6, 6.07) is 4.28. The van der Waals surface area contributed by atoms with Gasteiger partial charge in [0.15, 0.2) is 11.5 Å². The zero-order valence-corrected chi connectivity index (χ0v) is 14.9. The first-order chi connectivity index (χ1) is 12.5. The monoisotopic (exact) mass is 363 g/mol. The van der Waals surface area contributed by atoms with Crippen LogP contribution >= 0.6 is 0 Å². The average Bonchev–Trinajstić information content (AvgIpc) is 2.64. The van der Waals surface area contributed by atoms with Crippen LogP contribution in [0.3, 0.4) is 0 Å². The number of nitro groups is 1. The van der Waals surface area contributed by atoms with Crippen molar-refractivity contribution in [3.63, 3.8) is 0 Å². The van der Waals surface area contributed by atoms with Gasteiger partial charge < -0.3 is 19.5 Å². The number of carbonyl (C=O) groups is 1. The molecule has 0 heterocycles. The molecule has 1 N–H and O–H groups in total. The summed E-state index contributed by atoms with van der Waals surface area (Å²) in [5.74, 6) is -0.193. The number of carbonyl (C=O) groups excluding carboxylic acids is 1. The third-order valence-corrected chi connectivity index (χ3v) is 3.35. The molecule has 0 fully saturated rings. The number of ether oxygens (including phenoxy) is 3. The van der Waals surface area contributed by atoms with Crippen LogP contribution in [0.4, 0.5) is 5.69 Å². The second-order valence-corrected chi connectivity index (χ2v) is 5.00. The lowest BCUT2D eigenvalue weighted by molar-refractivity contribution is -0.385. The summed E-state index contributed by atoms with van der Waals surface area (Å²) in [6.07, 6.45) is 1.74. The number of nitriles is 1. The van der Waals surface area contributed by atoms with Crippen molar-refractivity contribution in [1.29, 1.82) is 5.26 Å². The largest absolute Gasteiger partial charge is 0.493 e. The summed E-state index contributed by atoms with van der Waals surface area (Å²) >= 11 is 0. The molecule has 1 aromatic rings. The highest BCUT2D eigenvalue weighted by molar-refractivity contribution is 6.02. The fourth-order valence-corrected chi connectivity index (χ4v) is 2.08. The molecule has 0 bridgehead atoms. The third kappa shape index (κ3) is 5.75. The van der Waals surface area contributed by atoms with Gasteiger partial charge in [0.2, 0.25) is 0 Å². The number of benzene rings is 1. The fourth-order valence-electron chi connectivity index (χ4n) is 2.08. The van der Waals surface area contributed by atoms with Crippen LogP contribution in [0, 0.1) is 21.4 Å². The maximum absolute atomic E-state index is 12.1. The summed E-state index contributed by atoms with van der Waals surface area (Å²) in [4.78, 5) is 22.8. The van der Waals surface area contributed by atoms with Gasteiger partial charge in [-0.1, -0.05) is 0 Å². The minimum Gasteiger partial charge on any atom is -0.493 e. The number of hydrogen-bond acceptors (Lipinski definition) is 7. The highest BCUT2D eigenvalue weighted by atomic mass is 16.6. The molecule has 0 aromatic heterocycles. The normalized spacial score (nSPS) is 10.8. The molecule has 26 heavy (non-hydrogen) atoms. The molecular formula is C17H21N3O6. The summed E-state index contributed by atoms with van der Waals surface area (Å²) in [5.41, 5.74) is -0.495. The van der Waals surface area contributed by atoms with Crippen molar-refractivity contribution >= 4 is 17.7 Å². The van der Waals surface area contributed by atoms with Crippen molar-refractivity contribution in [1.82, 2.24) is 5.32 Å². The third-order valence-electron chi connectivity index (χ3n) is 3.35. The van der Waals surface area contributed by atoms with Crippen LogP contribution in [-0.2, 0) is 9.53 Å². The topological polar surface area (TPSA) is 124 Å². The molecule has 0 spiro atoms. The highest BCUT2D eigenvalue weighted by Gasteiger charge is 2.20. The van der Waals surface area contributed by atoms with Gasteiger partial charge in [-0.15, -0.1) is 0 Å². The average molecular weight is 363 g/mol. The molecule has 0 radical (unpaired) electrons. The van der Waals surface area contributed by atoms with Gasteiger partial charge in [0.25, 0.3) is 11.6 Å². The number of nitro benzene ring substituents is 1. The summed E-state index contributed by atoms with van der Waals surface area (Å²) in [6.45, 7) is 3.26. The molecule has 140 valence electrons. The predicted octanol–water partition coefficient (Wildman–Crippen LogP) is 2.06. The van der Waals surface area contributed by atoms with Crippen LogP contribution in [0.25, 0.3) is 6.08 Å². The van der Waals surface area contributed by atoms with E-state index in [2.05, 4.69) is 5.32 Å². The first-order valence-electron chi connectivity index (χ1n) is 7.86. The minimum atomic E-state index is -0.622. The van der Waals surface area contributed by atoms with Gasteiger partial charge in [-0.3, -0.25) is 14.9 Å². The highest BCUT2D eigenvalue weighted by Crippen LogP contribution is 2.35. The quantitative estimate of drug-likeness (QED) is 0.222. The molecular weight excluding hydrogens is 342 g/mol. The lowest BCUT2D eigenvalue weighted by atomic mass is 10.1. The van der Waals surface area contributed by atoms with Crippen LogP contribution in [0.5, 0.6) is 11.5 Å². The van der Waals surface area contributed by atoms with E-state index in [1.54, 1.807) is 6.07 Å². The minimum absolute atomic E-state index is 0.0636. The molecule has 0 aliphatic carbocycles. The van der Waals surface area contributed by atoms with E-state index in [9.17, 15) is 20.2 Å². The predicted molar refractivity (Wildman–Crippen MR) is 93.9 cm³/mol. The maximum atomic E-state index is 12.1. The molecule has 9 heteroatoms. The van der Waals surface area contributed by atoms with E-state index in [-0.39, 0.29) is 28.3 Å². The molecule has 0 aliphatic rings. The van der Waals surface area contributed by atoms with Gasteiger partial charge in [0.1, 0.15) is 11.6 Å². The zero-order valence-electron chi connectivity index (χ0n) is 14.9. The summed E-state index contributed by atoms with van der Waals surface area (Å²) in [5, 5.41) is 23.1. The van der Waals surface area contributed by atoms with E-state index in [1.807, 2.05) is 6.92 Å². The van der Waals surface area contributed by atoms with E-state index in [1.165, 1.54) is 26.4 Å². The molecule has 0 saturated carbocycles. The Morgan fingerprint density at radius 2 is 2.00 bits per heavy atom. The van der Waals surface area contributed by atoms with Crippen LogP contribution in [0.1, 0.15) is 18.9 Å². The molecule has 0 atom stereocenters. The Morgan fingerprint density at radius 3 is 2.54 bits per heavy atom. The van der Waals surface area contributed by atoms with Crippen LogP contribution in [0.2, 0.25) is 0 Å². The van der Waals surface area contributed by atoms with Gasteiger partial charge in [0, 0.05) is 19.8 Å². The van der Waals surface area contributed by atoms with Gasteiger partial charge in [0.05, 0.1) is 30.8 Å². The molecule has 1 amide bonds. The summed E-state index contributed by atoms with van der Waals surface area (Å²) in [7, 11) is 2.74. The number of nitrogens with zero attached hydrogens (tertiary/aromatic N) is 2. The fraction of sp³-hybridized carbons (Fsp3) is 0.412. The molecule has 0 aliphatic heterocycles. The van der Waals surface area contributed by atoms with Crippen molar-refractivity contribution in [2.75, 3.05) is 34.0 Å².